The number of quaternary nitrogens is 1. The molecule has 0 saturated carbocycles. The van der Waals surface area contributed by atoms with Crippen LogP contribution in [0.5, 0.6) is 0 Å². The van der Waals surface area contributed by atoms with Crippen LogP contribution in [-0.4, -0.2) is 20.2 Å². The van der Waals surface area contributed by atoms with Gasteiger partial charge in [0, 0.05) is 17.0 Å². The molecule has 1 aromatic heterocycles. The van der Waals surface area contributed by atoms with Gasteiger partial charge < -0.3 is 4.90 Å². The summed E-state index contributed by atoms with van der Waals surface area (Å²) in [4.78, 5) is 1.43. The van der Waals surface area contributed by atoms with Gasteiger partial charge in [0.15, 0.2) is 6.04 Å². The highest BCUT2D eigenvalue weighted by molar-refractivity contribution is 5.46. The zero-order valence-electron chi connectivity index (χ0n) is 19.4. The summed E-state index contributed by atoms with van der Waals surface area (Å²) in [5, 5.41) is 13.2. The van der Waals surface area contributed by atoms with Crippen molar-refractivity contribution in [3.8, 4) is 5.69 Å². The van der Waals surface area contributed by atoms with Crippen molar-refractivity contribution in [2.45, 2.75) is 46.8 Å². The van der Waals surface area contributed by atoms with E-state index in [0.717, 1.165) is 24.6 Å². The lowest BCUT2D eigenvalue weighted by molar-refractivity contribution is -0.962. The highest BCUT2D eigenvalue weighted by Crippen LogP contribution is 2.24. The van der Waals surface area contributed by atoms with Crippen LogP contribution in [0.2, 0.25) is 0 Å². The maximum atomic E-state index is 4.58. The molecule has 0 aliphatic heterocycles. The van der Waals surface area contributed by atoms with E-state index in [9.17, 15) is 0 Å². The first-order chi connectivity index (χ1) is 15.5. The number of rotatable bonds is 8. The number of hydrogen-bond acceptors (Lipinski definition) is 3. The molecule has 0 amide bonds. The summed E-state index contributed by atoms with van der Waals surface area (Å²) in [6.07, 6.45) is 0. The summed E-state index contributed by atoms with van der Waals surface area (Å²) in [6.45, 7) is 10.6. The number of aromatic nitrogens is 4. The van der Waals surface area contributed by atoms with Crippen molar-refractivity contribution in [3.63, 3.8) is 0 Å². The fourth-order valence-electron chi connectivity index (χ4n) is 4.64. The SMILES string of the molecule is Cc1cccc(C)c1-n1nnnc1[C@H](C(C)C)[NH+](Cc1ccccc1)Cc1ccccc1. The molecule has 164 valence electrons. The van der Waals surface area contributed by atoms with Gasteiger partial charge in [-0.05, 0) is 35.4 Å². The minimum Gasteiger partial charge on any atom is -0.318 e. The summed E-state index contributed by atoms with van der Waals surface area (Å²) < 4.78 is 1.96. The molecule has 0 spiro atoms. The van der Waals surface area contributed by atoms with Gasteiger partial charge in [-0.15, -0.1) is 5.10 Å². The Kier molecular flexibility index (Phi) is 6.76. The van der Waals surface area contributed by atoms with Gasteiger partial charge in [0.05, 0.1) is 5.69 Å². The van der Waals surface area contributed by atoms with E-state index in [-0.39, 0.29) is 6.04 Å². The number of nitrogens with zero attached hydrogens (tertiary/aromatic N) is 4. The highest BCUT2D eigenvalue weighted by atomic mass is 15.6. The third-order valence-electron chi connectivity index (χ3n) is 6.08. The van der Waals surface area contributed by atoms with E-state index in [1.807, 2.05) is 4.68 Å². The topological polar surface area (TPSA) is 48.0 Å². The largest absolute Gasteiger partial charge is 0.318 e. The lowest BCUT2D eigenvalue weighted by atomic mass is 9.99. The predicted molar refractivity (Wildman–Crippen MR) is 127 cm³/mol. The average Bonchev–Trinajstić information content (AvgIpc) is 3.23. The Morgan fingerprint density at radius 1 is 0.750 bits per heavy atom. The number of aryl methyl sites for hydroxylation is 2. The number of nitrogens with one attached hydrogen (secondary N) is 1. The molecule has 32 heavy (non-hydrogen) atoms. The van der Waals surface area contributed by atoms with Gasteiger partial charge in [-0.3, -0.25) is 0 Å². The van der Waals surface area contributed by atoms with Crippen LogP contribution in [0.25, 0.3) is 5.69 Å². The Morgan fingerprint density at radius 2 is 1.28 bits per heavy atom. The van der Waals surface area contributed by atoms with Gasteiger partial charge in [-0.1, -0.05) is 92.7 Å². The smallest absolute Gasteiger partial charge is 0.214 e. The molecule has 1 heterocycles. The maximum Gasteiger partial charge on any atom is 0.214 e. The van der Waals surface area contributed by atoms with Gasteiger partial charge in [-0.25, -0.2) is 0 Å². The first-order valence-corrected chi connectivity index (χ1v) is 11.3. The minimum atomic E-state index is 0.129. The van der Waals surface area contributed by atoms with E-state index in [2.05, 4.69) is 122 Å². The monoisotopic (exact) mass is 426 g/mol. The minimum absolute atomic E-state index is 0.129. The molecular weight excluding hydrogens is 394 g/mol. The van der Waals surface area contributed by atoms with Crippen molar-refractivity contribution < 1.29 is 4.90 Å². The molecule has 4 aromatic rings. The van der Waals surface area contributed by atoms with Crippen molar-refractivity contribution in [1.82, 2.24) is 20.2 Å². The van der Waals surface area contributed by atoms with Crippen LogP contribution < -0.4 is 4.90 Å². The lowest BCUT2D eigenvalue weighted by Crippen LogP contribution is -3.10. The van der Waals surface area contributed by atoms with Crippen LogP contribution in [0.3, 0.4) is 0 Å². The Morgan fingerprint density at radius 3 is 1.78 bits per heavy atom. The lowest BCUT2D eigenvalue weighted by Gasteiger charge is -2.31. The summed E-state index contributed by atoms with van der Waals surface area (Å²) >= 11 is 0. The Hall–Kier alpha value is -3.31. The normalized spacial score (nSPS) is 12.4. The zero-order valence-corrected chi connectivity index (χ0v) is 19.4. The quantitative estimate of drug-likeness (QED) is 0.458. The molecule has 0 bridgehead atoms. The zero-order chi connectivity index (χ0) is 22.5. The standard InChI is InChI=1S/C27H31N5/c1-20(2)25(27-28-29-30-32(27)26-21(3)12-11-13-22(26)4)31(18-23-14-7-5-8-15-23)19-24-16-9-6-10-17-24/h5-17,20,25H,18-19H2,1-4H3/p+1/t25-/m0/s1. The van der Waals surface area contributed by atoms with Gasteiger partial charge >= 0.3 is 0 Å². The summed E-state index contributed by atoms with van der Waals surface area (Å²) in [6, 6.07) is 27.9. The van der Waals surface area contributed by atoms with E-state index in [1.165, 1.54) is 27.2 Å². The second-order valence-electron chi connectivity index (χ2n) is 8.89. The first-order valence-electron chi connectivity index (χ1n) is 11.3. The third kappa shape index (κ3) is 4.78. The molecule has 4 rings (SSSR count). The van der Waals surface area contributed by atoms with Crippen LogP contribution in [0.15, 0.2) is 78.9 Å². The Balaban J connectivity index is 1.78. The Bertz CT molecular complexity index is 1070. The fourth-order valence-corrected chi connectivity index (χ4v) is 4.64. The van der Waals surface area contributed by atoms with Gasteiger partial charge in [-0.2, -0.15) is 4.68 Å². The van der Waals surface area contributed by atoms with E-state index in [1.54, 1.807) is 0 Å². The summed E-state index contributed by atoms with van der Waals surface area (Å²) in [5.41, 5.74) is 6.06. The molecule has 0 saturated heterocycles. The van der Waals surface area contributed by atoms with Crippen LogP contribution in [0.4, 0.5) is 0 Å². The van der Waals surface area contributed by atoms with Crippen LogP contribution >= 0.6 is 0 Å². The molecule has 0 aliphatic carbocycles. The van der Waals surface area contributed by atoms with Crippen LogP contribution in [0, 0.1) is 19.8 Å². The predicted octanol–water partition coefficient (Wildman–Crippen LogP) is 4.26. The van der Waals surface area contributed by atoms with Crippen LogP contribution in [-0.2, 0) is 13.1 Å². The van der Waals surface area contributed by atoms with Gasteiger partial charge in [0.25, 0.3) is 0 Å². The molecule has 0 fully saturated rings. The van der Waals surface area contributed by atoms with E-state index in [4.69, 9.17) is 0 Å². The third-order valence-corrected chi connectivity index (χ3v) is 6.08. The van der Waals surface area contributed by atoms with Crippen molar-refractivity contribution >= 4 is 0 Å². The molecule has 1 atom stereocenters. The van der Waals surface area contributed by atoms with Gasteiger partial charge in [0.1, 0.15) is 13.1 Å². The van der Waals surface area contributed by atoms with Gasteiger partial charge in [0.2, 0.25) is 5.82 Å². The first kappa shape index (κ1) is 21.9. The van der Waals surface area contributed by atoms with Crippen LogP contribution in [0.1, 0.15) is 48.0 Å². The molecule has 5 nitrogen and oxygen atoms in total. The highest BCUT2D eigenvalue weighted by Gasteiger charge is 2.34. The van der Waals surface area contributed by atoms with E-state index < -0.39 is 0 Å². The molecular formula is C27H32N5+. The Labute approximate surface area is 190 Å². The molecule has 3 aromatic carbocycles. The molecule has 1 N–H and O–H groups in total. The van der Waals surface area contributed by atoms with Crippen molar-refractivity contribution in [1.29, 1.82) is 0 Å². The molecule has 0 aliphatic rings. The number of tetrazole rings is 1. The maximum absolute atomic E-state index is 4.58. The molecule has 5 heteroatoms. The van der Waals surface area contributed by atoms with Crippen molar-refractivity contribution in [3.05, 3.63) is 107 Å². The van der Waals surface area contributed by atoms with Crippen molar-refractivity contribution in [2.75, 3.05) is 0 Å². The van der Waals surface area contributed by atoms with Crippen molar-refractivity contribution in [2.24, 2.45) is 5.92 Å². The molecule has 0 radical (unpaired) electrons. The summed E-state index contributed by atoms with van der Waals surface area (Å²) in [5.74, 6) is 1.27. The fraction of sp³-hybridized carbons (Fsp3) is 0.296. The number of para-hydroxylation sites is 1. The second kappa shape index (κ2) is 9.88. The molecule has 0 unspecified atom stereocenters. The van der Waals surface area contributed by atoms with E-state index >= 15 is 0 Å². The average molecular weight is 427 g/mol. The number of benzene rings is 3. The summed E-state index contributed by atoms with van der Waals surface area (Å²) in [7, 11) is 0. The van der Waals surface area contributed by atoms with E-state index in [0.29, 0.717) is 5.92 Å². The number of hydrogen-bond donors (Lipinski definition) is 1. The second-order valence-corrected chi connectivity index (χ2v) is 8.89.